The Morgan fingerprint density at radius 3 is 2.73 bits per heavy atom. The van der Waals surface area contributed by atoms with Crippen LogP contribution in [-0.4, -0.2) is 45.7 Å². The van der Waals surface area contributed by atoms with Gasteiger partial charge in [-0.3, -0.25) is 14.5 Å². The van der Waals surface area contributed by atoms with Gasteiger partial charge in [0, 0.05) is 6.54 Å². The van der Waals surface area contributed by atoms with Crippen LogP contribution in [0.1, 0.15) is 15.9 Å². The molecule has 3 N–H and O–H groups in total. The van der Waals surface area contributed by atoms with Gasteiger partial charge in [0.05, 0.1) is 17.6 Å². The van der Waals surface area contributed by atoms with Crippen LogP contribution < -0.4 is 10.2 Å². The minimum Gasteiger partial charge on any atom is -0.507 e. The number of amidine groups is 1. The molecule has 1 aliphatic heterocycles. The van der Waals surface area contributed by atoms with E-state index in [-0.39, 0.29) is 40.4 Å². The molecule has 0 atom stereocenters. The number of benzene rings is 2. The van der Waals surface area contributed by atoms with E-state index >= 15 is 0 Å². The number of hydrazone groups is 1. The topological polar surface area (TPSA) is 111 Å². The summed E-state index contributed by atoms with van der Waals surface area (Å²) in [6.07, 6.45) is 3.18. The van der Waals surface area contributed by atoms with Crippen molar-refractivity contribution in [2.24, 2.45) is 5.10 Å². The molecule has 0 bridgehead atoms. The molecule has 1 aliphatic rings. The van der Waals surface area contributed by atoms with Crippen molar-refractivity contribution < 1.29 is 24.5 Å². The molecule has 0 aromatic heterocycles. The normalized spacial score (nSPS) is 16.2. The molecule has 2 aromatic rings. The van der Waals surface area contributed by atoms with E-state index in [0.29, 0.717) is 10.5 Å². The number of carbonyl (C=O) groups excluding carboxylic acids is 2. The molecule has 2 amide bonds. The first-order chi connectivity index (χ1) is 14.4. The van der Waals surface area contributed by atoms with Gasteiger partial charge >= 0.3 is 0 Å². The van der Waals surface area contributed by atoms with E-state index in [4.69, 9.17) is 4.74 Å². The maximum Gasteiger partial charge on any atom is 0.275 e. The number of nitrogens with one attached hydrogen (secondary N) is 1. The van der Waals surface area contributed by atoms with E-state index in [1.807, 2.05) is 0 Å². The molecule has 1 fully saturated rings. The number of nitrogens with zero attached hydrogens (tertiary/aromatic N) is 2. The quantitative estimate of drug-likeness (QED) is 0.373. The van der Waals surface area contributed by atoms with Gasteiger partial charge in [0.25, 0.3) is 11.8 Å². The Hall–Kier alpha value is -3.72. The summed E-state index contributed by atoms with van der Waals surface area (Å²) in [4.78, 5) is 26.8. The van der Waals surface area contributed by atoms with Crippen LogP contribution in [0.5, 0.6) is 17.2 Å². The fourth-order valence-electron chi connectivity index (χ4n) is 2.64. The molecule has 0 saturated carbocycles. The van der Waals surface area contributed by atoms with E-state index in [2.05, 4.69) is 17.1 Å². The summed E-state index contributed by atoms with van der Waals surface area (Å²) in [5.74, 6) is -0.801. The maximum absolute atomic E-state index is 12.8. The summed E-state index contributed by atoms with van der Waals surface area (Å²) in [6.45, 7) is 3.85. The molecular weight excluding hydrogens is 406 g/mol. The first-order valence-electron chi connectivity index (χ1n) is 8.80. The molecule has 3 rings (SSSR count). The highest BCUT2D eigenvalue weighted by molar-refractivity contribution is 8.18. The number of methoxy groups -OCH3 is 1. The molecule has 1 saturated heterocycles. The monoisotopic (exact) mass is 425 g/mol. The Morgan fingerprint density at radius 2 is 2.03 bits per heavy atom. The highest BCUT2D eigenvalue weighted by Crippen LogP contribution is 2.34. The first kappa shape index (κ1) is 21.0. The highest BCUT2D eigenvalue weighted by Gasteiger charge is 2.33. The SMILES string of the molecule is C=CCN1C(=O)C(=Cc2ccc(O)c(OC)c2)SC1=NNC(=O)c1ccccc1O. The van der Waals surface area contributed by atoms with Gasteiger partial charge < -0.3 is 14.9 Å². The molecule has 0 spiro atoms. The molecular formula is C21H19N3O5S. The lowest BCUT2D eigenvalue weighted by Crippen LogP contribution is -2.31. The number of hydrogen-bond acceptors (Lipinski definition) is 7. The average Bonchev–Trinajstić information content (AvgIpc) is 3.03. The molecule has 0 unspecified atom stereocenters. The van der Waals surface area contributed by atoms with E-state index in [0.717, 1.165) is 11.8 Å². The predicted octanol–water partition coefficient (Wildman–Crippen LogP) is 2.91. The molecule has 0 radical (unpaired) electrons. The zero-order valence-electron chi connectivity index (χ0n) is 16.0. The van der Waals surface area contributed by atoms with Gasteiger partial charge in [-0.1, -0.05) is 24.3 Å². The lowest BCUT2D eigenvalue weighted by Gasteiger charge is -2.12. The van der Waals surface area contributed by atoms with Crippen LogP contribution in [0.2, 0.25) is 0 Å². The molecule has 154 valence electrons. The van der Waals surface area contributed by atoms with E-state index in [9.17, 15) is 19.8 Å². The number of para-hydroxylation sites is 1. The predicted molar refractivity (Wildman–Crippen MR) is 115 cm³/mol. The van der Waals surface area contributed by atoms with Gasteiger partial charge in [0.15, 0.2) is 16.7 Å². The van der Waals surface area contributed by atoms with Crippen LogP contribution in [0, 0.1) is 0 Å². The zero-order valence-corrected chi connectivity index (χ0v) is 16.8. The van der Waals surface area contributed by atoms with Crippen molar-refractivity contribution in [3.8, 4) is 17.2 Å². The van der Waals surface area contributed by atoms with Crippen molar-refractivity contribution in [2.45, 2.75) is 0 Å². The number of hydrogen-bond donors (Lipinski definition) is 3. The van der Waals surface area contributed by atoms with Gasteiger partial charge in [-0.05, 0) is 47.7 Å². The third-order valence-electron chi connectivity index (χ3n) is 4.10. The standard InChI is InChI=1S/C21H19N3O5S/c1-3-10-24-20(28)18(12-13-8-9-16(26)17(11-13)29-2)30-21(24)23-22-19(27)14-6-4-5-7-15(14)25/h3-9,11-12,25-26H,1,10H2,2H3,(H,22,27). The summed E-state index contributed by atoms with van der Waals surface area (Å²) in [6, 6.07) is 10.8. The van der Waals surface area contributed by atoms with Gasteiger partial charge in [-0.15, -0.1) is 11.7 Å². The second kappa shape index (κ2) is 9.19. The number of thioether (sulfide) groups is 1. The fourth-order valence-corrected chi connectivity index (χ4v) is 3.59. The van der Waals surface area contributed by atoms with Gasteiger partial charge in [0.1, 0.15) is 5.75 Å². The number of aromatic hydroxyl groups is 2. The van der Waals surface area contributed by atoms with E-state index in [1.54, 1.807) is 36.4 Å². The van der Waals surface area contributed by atoms with Crippen LogP contribution in [-0.2, 0) is 4.79 Å². The lowest BCUT2D eigenvalue weighted by molar-refractivity contribution is -0.121. The summed E-state index contributed by atoms with van der Waals surface area (Å²) < 4.78 is 5.09. The van der Waals surface area contributed by atoms with Gasteiger partial charge in [-0.25, -0.2) is 5.43 Å². The summed E-state index contributed by atoms with van der Waals surface area (Å²) >= 11 is 1.08. The molecule has 30 heavy (non-hydrogen) atoms. The Labute approximate surface area is 177 Å². The van der Waals surface area contributed by atoms with Crippen LogP contribution in [0.25, 0.3) is 6.08 Å². The molecule has 8 nitrogen and oxygen atoms in total. The molecule has 0 aliphatic carbocycles. The number of rotatable bonds is 6. The third-order valence-corrected chi connectivity index (χ3v) is 5.11. The van der Waals surface area contributed by atoms with Crippen molar-refractivity contribution in [2.75, 3.05) is 13.7 Å². The molecule has 1 heterocycles. The minimum atomic E-state index is -0.604. The summed E-state index contributed by atoms with van der Waals surface area (Å²) in [5.41, 5.74) is 3.08. The maximum atomic E-state index is 12.8. The summed E-state index contributed by atoms with van der Waals surface area (Å²) in [5, 5.41) is 23.8. The van der Waals surface area contributed by atoms with Crippen molar-refractivity contribution >= 4 is 34.8 Å². The Bertz CT molecular complexity index is 1060. The Kier molecular flexibility index (Phi) is 6.43. The van der Waals surface area contributed by atoms with E-state index < -0.39 is 5.91 Å². The van der Waals surface area contributed by atoms with Gasteiger partial charge in [0.2, 0.25) is 0 Å². The molecule has 9 heteroatoms. The van der Waals surface area contributed by atoms with Gasteiger partial charge in [-0.2, -0.15) is 0 Å². The van der Waals surface area contributed by atoms with Crippen molar-refractivity contribution in [1.29, 1.82) is 0 Å². The Balaban J connectivity index is 1.85. The first-order valence-corrected chi connectivity index (χ1v) is 9.61. The lowest BCUT2D eigenvalue weighted by atomic mass is 10.2. The number of phenolic OH excluding ortho intramolecular Hbond substituents is 2. The summed E-state index contributed by atoms with van der Waals surface area (Å²) in [7, 11) is 1.44. The fraction of sp³-hybridized carbons (Fsp3) is 0.0952. The van der Waals surface area contributed by atoms with Crippen molar-refractivity contribution in [1.82, 2.24) is 10.3 Å². The molecule has 2 aromatic carbocycles. The van der Waals surface area contributed by atoms with Crippen molar-refractivity contribution in [3.05, 3.63) is 71.2 Å². The second-order valence-electron chi connectivity index (χ2n) is 6.10. The number of carbonyl (C=O) groups is 2. The third kappa shape index (κ3) is 4.47. The van der Waals surface area contributed by atoms with Crippen LogP contribution in [0.4, 0.5) is 0 Å². The average molecular weight is 425 g/mol. The van der Waals surface area contributed by atoms with Crippen LogP contribution in [0.15, 0.2) is 65.1 Å². The smallest absolute Gasteiger partial charge is 0.275 e. The van der Waals surface area contributed by atoms with E-state index in [1.165, 1.54) is 30.2 Å². The minimum absolute atomic E-state index is 0.00698. The highest BCUT2D eigenvalue weighted by atomic mass is 32.2. The van der Waals surface area contributed by atoms with Crippen LogP contribution in [0.3, 0.4) is 0 Å². The largest absolute Gasteiger partial charge is 0.507 e. The number of ether oxygens (including phenoxy) is 1. The zero-order chi connectivity index (χ0) is 21.7. The Morgan fingerprint density at radius 1 is 1.27 bits per heavy atom. The number of phenols is 2. The number of amides is 2. The second-order valence-corrected chi connectivity index (χ2v) is 7.11. The van der Waals surface area contributed by atoms with Crippen LogP contribution >= 0.6 is 11.8 Å². The van der Waals surface area contributed by atoms with Crippen molar-refractivity contribution in [3.63, 3.8) is 0 Å².